The lowest BCUT2D eigenvalue weighted by Gasteiger charge is -2.15. The second-order valence-corrected chi connectivity index (χ2v) is 5.51. The number of hydrogen-bond acceptors (Lipinski definition) is 4. The molecule has 3 aromatic rings. The van der Waals surface area contributed by atoms with Gasteiger partial charge in [-0.15, -0.1) is 0 Å². The molecular formula is C16H14ClFN4O. The Labute approximate surface area is 136 Å². The highest BCUT2D eigenvalue weighted by Gasteiger charge is 2.17. The molecule has 118 valence electrons. The molecule has 23 heavy (non-hydrogen) atoms. The van der Waals surface area contributed by atoms with Gasteiger partial charge in [-0.1, -0.05) is 17.7 Å². The Morgan fingerprint density at radius 1 is 1.35 bits per heavy atom. The predicted molar refractivity (Wildman–Crippen MR) is 87.6 cm³/mol. The summed E-state index contributed by atoms with van der Waals surface area (Å²) in [6.07, 6.45) is 2.91. The standard InChI is InChI=1S/C16H14ClFN4O/c1-9-11(18)7-20-8-13(9)22-14(5-6-19)21-12-4-2-3-10(17)15(12)16(22)23/h2-4,7-8H,5-6,19H2,1H3. The first-order chi connectivity index (χ1) is 11.0. The zero-order valence-corrected chi connectivity index (χ0v) is 13.1. The third-order valence-corrected chi connectivity index (χ3v) is 3.97. The van der Waals surface area contributed by atoms with Crippen molar-refractivity contribution in [2.24, 2.45) is 5.73 Å². The molecule has 0 bridgehead atoms. The lowest BCUT2D eigenvalue weighted by Crippen LogP contribution is -2.26. The van der Waals surface area contributed by atoms with Gasteiger partial charge in [0, 0.05) is 12.0 Å². The Balaban J connectivity index is 2.45. The second-order valence-electron chi connectivity index (χ2n) is 5.11. The van der Waals surface area contributed by atoms with Gasteiger partial charge in [0.25, 0.3) is 5.56 Å². The highest BCUT2D eigenvalue weighted by atomic mass is 35.5. The van der Waals surface area contributed by atoms with E-state index in [0.29, 0.717) is 46.0 Å². The maximum absolute atomic E-state index is 13.9. The molecule has 0 aliphatic rings. The minimum absolute atomic E-state index is 0.290. The summed E-state index contributed by atoms with van der Waals surface area (Å²) >= 11 is 6.15. The Morgan fingerprint density at radius 3 is 2.87 bits per heavy atom. The SMILES string of the molecule is Cc1c(F)cncc1-n1c(CCN)nc2cccc(Cl)c2c1=O. The molecule has 0 amide bonds. The molecule has 0 aliphatic heterocycles. The summed E-state index contributed by atoms with van der Waals surface area (Å²) < 4.78 is 15.2. The molecule has 5 nitrogen and oxygen atoms in total. The monoisotopic (exact) mass is 332 g/mol. The van der Waals surface area contributed by atoms with Gasteiger partial charge in [0.2, 0.25) is 0 Å². The van der Waals surface area contributed by atoms with Gasteiger partial charge >= 0.3 is 0 Å². The normalized spacial score (nSPS) is 11.1. The van der Waals surface area contributed by atoms with Crippen LogP contribution in [0.3, 0.4) is 0 Å². The summed E-state index contributed by atoms with van der Waals surface area (Å²) in [6, 6.07) is 5.06. The van der Waals surface area contributed by atoms with Crippen molar-refractivity contribution in [2.45, 2.75) is 13.3 Å². The number of hydrogen-bond donors (Lipinski definition) is 1. The van der Waals surface area contributed by atoms with Gasteiger partial charge < -0.3 is 5.73 Å². The first kappa shape index (κ1) is 15.6. The van der Waals surface area contributed by atoms with E-state index in [9.17, 15) is 9.18 Å². The number of nitrogens with two attached hydrogens (primary N) is 1. The highest BCUT2D eigenvalue weighted by molar-refractivity contribution is 6.35. The highest BCUT2D eigenvalue weighted by Crippen LogP contribution is 2.22. The summed E-state index contributed by atoms with van der Waals surface area (Å²) in [7, 11) is 0. The zero-order valence-electron chi connectivity index (χ0n) is 12.4. The van der Waals surface area contributed by atoms with Crippen LogP contribution in [0, 0.1) is 12.7 Å². The number of rotatable bonds is 3. The lowest BCUT2D eigenvalue weighted by atomic mass is 10.2. The molecule has 0 aliphatic carbocycles. The first-order valence-corrected chi connectivity index (χ1v) is 7.43. The van der Waals surface area contributed by atoms with Crippen molar-refractivity contribution in [3.05, 3.63) is 63.2 Å². The minimum atomic E-state index is -0.493. The summed E-state index contributed by atoms with van der Waals surface area (Å²) in [5.74, 6) is -0.0462. The van der Waals surface area contributed by atoms with Crippen LogP contribution < -0.4 is 11.3 Å². The molecule has 1 aromatic carbocycles. The Morgan fingerprint density at radius 2 is 2.13 bits per heavy atom. The van der Waals surface area contributed by atoms with Crippen molar-refractivity contribution in [1.29, 1.82) is 0 Å². The number of fused-ring (bicyclic) bond motifs is 1. The summed E-state index contributed by atoms with van der Waals surface area (Å²) in [5, 5.41) is 0.591. The molecule has 0 spiro atoms. The molecule has 2 aromatic heterocycles. The number of pyridine rings is 1. The van der Waals surface area contributed by atoms with Crippen LogP contribution in [0.25, 0.3) is 16.6 Å². The van der Waals surface area contributed by atoms with E-state index in [1.54, 1.807) is 25.1 Å². The van der Waals surface area contributed by atoms with Crippen molar-refractivity contribution >= 4 is 22.5 Å². The average Bonchev–Trinajstić information content (AvgIpc) is 2.51. The van der Waals surface area contributed by atoms with Gasteiger partial charge in [-0.2, -0.15) is 0 Å². The fourth-order valence-electron chi connectivity index (χ4n) is 2.50. The van der Waals surface area contributed by atoms with Crippen LogP contribution in [0.5, 0.6) is 0 Å². The first-order valence-electron chi connectivity index (χ1n) is 7.05. The van der Waals surface area contributed by atoms with Crippen LogP contribution in [0.4, 0.5) is 4.39 Å². The van der Waals surface area contributed by atoms with Crippen LogP contribution in [-0.2, 0) is 6.42 Å². The van der Waals surface area contributed by atoms with Crippen molar-refractivity contribution < 1.29 is 4.39 Å². The van der Waals surface area contributed by atoms with Crippen molar-refractivity contribution in [3.8, 4) is 5.69 Å². The molecule has 7 heteroatoms. The Bertz CT molecular complexity index is 955. The minimum Gasteiger partial charge on any atom is -0.330 e. The van der Waals surface area contributed by atoms with E-state index < -0.39 is 5.82 Å². The van der Waals surface area contributed by atoms with Gasteiger partial charge in [0.1, 0.15) is 11.6 Å². The molecule has 0 unspecified atom stereocenters. The van der Waals surface area contributed by atoms with Crippen LogP contribution >= 0.6 is 11.6 Å². The quantitative estimate of drug-likeness (QED) is 0.799. The average molecular weight is 333 g/mol. The van der Waals surface area contributed by atoms with Crippen molar-refractivity contribution in [3.63, 3.8) is 0 Å². The molecule has 0 fully saturated rings. The zero-order chi connectivity index (χ0) is 16.6. The van der Waals surface area contributed by atoms with E-state index in [1.807, 2.05) is 0 Å². The topological polar surface area (TPSA) is 73.8 Å². The number of nitrogens with zero attached hydrogens (tertiary/aromatic N) is 3. The van der Waals surface area contributed by atoms with E-state index in [1.165, 1.54) is 10.8 Å². The number of benzene rings is 1. The maximum Gasteiger partial charge on any atom is 0.267 e. The number of halogens is 2. The predicted octanol–water partition coefficient (Wildman–Crippen LogP) is 2.38. The Hall–Kier alpha value is -2.31. The third-order valence-electron chi connectivity index (χ3n) is 3.65. The Kier molecular flexibility index (Phi) is 4.11. The number of aromatic nitrogens is 3. The van der Waals surface area contributed by atoms with Gasteiger partial charge in [0.15, 0.2) is 0 Å². The molecule has 0 saturated heterocycles. The molecule has 2 N–H and O–H groups in total. The molecule has 3 rings (SSSR count). The van der Waals surface area contributed by atoms with Gasteiger partial charge in [-0.05, 0) is 25.6 Å². The largest absolute Gasteiger partial charge is 0.330 e. The van der Waals surface area contributed by atoms with E-state index >= 15 is 0 Å². The lowest BCUT2D eigenvalue weighted by molar-refractivity contribution is 0.608. The molecular weight excluding hydrogens is 319 g/mol. The van der Waals surface area contributed by atoms with Crippen LogP contribution in [0.2, 0.25) is 5.02 Å². The van der Waals surface area contributed by atoms with Gasteiger partial charge in [-0.25, -0.2) is 9.37 Å². The summed E-state index contributed by atoms with van der Waals surface area (Å²) in [4.78, 5) is 21.3. The van der Waals surface area contributed by atoms with E-state index in [2.05, 4.69) is 9.97 Å². The van der Waals surface area contributed by atoms with E-state index in [0.717, 1.165) is 6.20 Å². The van der Waals surface area contributed by atoms with Crippen molar-refractivity contribution in [1.82, 2.24) is 14.5 Å². The van der Waals surface area contributed by atoms with E-state index in [4.69, 9.17) is 17.3 Å². The van der Waals surface area contributed by atoms with Gasteiger partial charge in [0.05, 0.1) is 34.0 Å². The smallest absolute Gasteiger partial charge is 0.267 e. The van der Waals surface area contributed by atoms with Crippen LogP contribution in [-0.4, -0.2) is 21.1 Å². The fourth-order valence-corrected chi connectivity index (χ4v) is 2.75. The molecule has 2 heterocycles. The second kappa shape index (κ2) is 6.06. The summed E-state index contributed by atoms with van der Waals surface area (Å²) in [6.45, 7) is 1.89. The van der Waals surface area contributed by atoms with Crippen molar-refractivity contribution in [2.75, 3.05) is 6.54 Å². The molecule has 0 saturated carbocycles. The van der Waals surface area contributed by atoms with E-state index in [-0.39, 0.29) is 5.56 Å². The van der Waals surface area contributed by atoms with Crippen LogP contribution in [0.1, 0.15) is 11.4 Å². The van der Waals surface area contributed by atoms with Crippen LogP contribution in [0.15, 0.2) is 35.4 Å². The molecule has 0 atom stereocenters. The molecule has 0 radical (unpaired) electrons. The third kappa shape index (κ3) is 2.60. The maximum atomic E-state index is 13.9. The summed E-state index contributed by atoms with van der Waals surface area (Å²) in [5.41, 5.74) is 6.41. The fraction of sp³-hybridized carbons (Fsp3) is 0.188. The van der Waals surface area contributed by atoms with Gasteiger partial charge in [-0.3, -0.25) is 14.3 Å².